The van der Waals surface area contributed by atoms with Crippen molar-refractivity contribution in [1.82, 2.24) is 10.2 Å². The number of nitrogens with one attached hydrogen (secondary N) is 1. The molecule has 0 saturated carbocycles. The molecule has 1 saturated heterocycles. The molecule has 1 aromatic rings. The SMILES string of the molecule is C=CCC[C@H](c1ccc(Cl)c(C(F)(F)F)c1)N1CCNCC1.Cl.Cl. The van der Waals surface area contributed by atoms with Crippen molar-refractivity contribution in [2.24, 2.45) is 0 Å². The fraction of sp³-hybridized carbons (Fsp3) is 0.500. The molecule has 1 atom stereocenters. The molecular weight excluding hydrogens is 384 g/mol. The van der Waals surface area contributed by atoms with Crippen molar-refractivity contribution in [3.05, 3.63) is 47.0 Å². The van der Waals surface area contributed by atoms with Gasteiger partial charge in [0.25, 0.3) is 0 Å². The van der Waals surface area contributed by atoms with Crippen LogP contribution < -0.4 is 5.32 Å². The second kappa shape index (κ2) is 10.5. The van der Waals surface area contributed by atoms with E-state index in [0.717, 1.165) is 39.0 Å². The van der Waals surface area contributed by atoms with Crippen LogP contribution >= 0.6 is 36.4 Å². The number of allylic oxidation sites excluding steroid dienone is 1. The summed E-state index contributed by atoms with van der Waals surface area (Å²) < 4.78 is 39.2. The van der Waals surface area contributed by atoms with Crippen LogP contribution in [0.1, 0.15) is 30.0 Å². The molecule has 0 spiro atoms. The highest BCUT2D eigenvalue weighted by molar-refractivity contribution is 6.31. The quantitative estimate of drug-likeness (QED) is 0.684. The summed E-state index contributed by atoms with van der Waals surface area (Å²) >= 11 is 5.72. The smallest absolute Gasteiger partial charge is 0.314 e. The fourth-order valence-corrected chi connectivity index (χ4v) is 3.02. The van der Waals surface area contributed by atoms with Gasteiger partial charge in [-0.15, -0.1) is 31.4 Å². The fourth-order valence-electron chi connectivity index (χ4n) is 2.80. The number of halogens is 6. The minimum Gasteiger partial charge on any atom is -0.314 e. The van der Waals surface area contributed by atoms with Crippen LogP contribution in [0, 0.1) is 0 Å². The number of hydrogen-bond donors (Lipinski definition) is 1. The highest BCUT2D eigenvalue weighted by Crippen LogP contribution is 2.37. The predicted molar refractivity (Wildman–Crippen MR) is 97.6 cm³/mol. The molecule has 1 heterocycles. The highest BCUT2D eigenvalue weighted by atomic mass is 35.5. The maximum Gasteiger partial charge on any atom is 0.417 e. The minimum atomic E-state index is -4.43. The molecule has 8 heteroatoms. The summed E-state index contributed by atoms with van der Waals surface area (Å²) in [6, 6.07) is 4.20. The number of benzene rings is 1. The van der Waals surface area contributed by atoms with Gasteiger partial charge < -0.3 is 5.32 Å². The number of rotatable bonds is 5. The van der Waals surface area contributed by atoms with Crippen molar-refractivity contribution in [1.29, 1.82) is 0 Å². The van der Waals surface area contributed by atoms with Crippen molar-refractivity contribution in [2.75, 3.05) is 26.2 Å². The molecule has 1 fully saturated rings. The second-order valence-electron chi connectivity index (χ2n) is 5.40. The number of nitrogens with zero attached hydrogens (tertiary/aromatic N) is 1. The Kier molecular flexibility index (Phi) is 10.3. The molecule has 138 valence electrons. The Morgan fingerprint density at radius 2 is 1.88 bits per heavy atom. The molecule has 0 aliphatic carbocycles. The van der Waals surface area contributed by atoms with Crippen molar-refractivity contribution in [3.63, 3.8) is 0 Å². The van der Waals surface area contributed by atoms with E-state index < -0.39 is 11.7 Å². The first-order valence-electron chi connectivity index (χ1n) is 7.36. The third-order valence-corrected chi connectivity index (χ3v) is 4.25. The topological polar surface area (TPSA) is 15.3 Å². The average Bonchev–Trinajstić information content (AvgIpc) is 2.49. The van der Waals surface area contributed by atoms with Crippen LogP contribution in [0.25, 0.3) is 0 Å². The largest absolute Gasteiger partial charge is 0.417 e. The van der Waals surface area contributed by atoms with Gasteiger partial charge in [-0.05, 0) is 30.5 Å². The van der Waals surface area contributed by atoms with Gasteiger partial charge in [0.1, 0.15) is 0 Å². The van der Waals surface area contributed by atoms with Gasteiger partial charge in [-0.1, -0.05) is 23.7 Å². The Hall–Kier alpha value is -0.460. The summed E-state index contributed by atoms with van der Waals surface area (Å²) in [7, 11) is 0. The summed E-state index contributed by atoms with van der Waals surface area (Å²) in [6.07, 6.45) is -1.11. The van der Waals surface area contributed by atoms with E-state index in [9.17, 15) is 13.2 Å². The first kappa shape index (κ1) is 23.5. The van der Waals surface area contributed by atoms with Crippen molar-refractivity contribution >= 4 is 36.4 Å². The summed E-state index contributed by atoms with van der Waals surface area (Å²) in [6.45, 7) is 7.06. The molecule has 1 N–H and O–H groups in total. The Morgan fingerprint density at radius 3 is 2.42 bits per heavy atom. The van der Waals surface area contributed by atoms with Crippen LogP contribution in [0.5, 0.6) is 0 Å². The van der Waals surface area contributed by atoms with E-state index in [-0.39, 0.29) is 35.9 Å². The van der Waals surface area contributed by atoms with Crippen LogP contribution in [-0.2, 0) is 6.18 Å². The zero-order valence-electron chi connectivity index (χ0n) is 13.1. The van der Waals surface area contributed by atoms with E-state index in [1.54, 1.807) is 12.1 Å². The van der Waals surface area contributed by atoms with Gasteiger partial charge in [0.2, 0.25) is 0 Å². The zero-order valence-corrected chi connectivity index (χ0v) is 15.5. The van der Waals surface area contributed by atoms with Gasteiger partial charge in [-0.2, -0.15) is 13.2 Å². The third kappa shape index (κ3) is 6.12. The summed E-state index contributed by atoms with van der Waals surface area (Å²) in [5, 5.41) is 3.01. The van der Waals surface area contributed by atoms with Gasteiger partial charge in [0, 0.05) is 32.2 Å². The molecule has 1 aromatic carbocycles. The van der Waals surface area contributed by atoms with Crippen LogP contribution in [-0.4, -0.2) is 31.1 Å². The summed E-state index contributed by atoms with van der Waals surface area (Å²) in [5.41, 5.74) is -0.0918. The van der Waals surface area contributed by atoms with E-state index in [0.29, 0.717) is 5.56 Å². The lowest BCUT2D eigenvalue weighted by Gasteiger charge is -2.35. The van der Waals surface area contributed by atoms with Crippen LogP contribution in [0.3, 0.4) is 0 Å². The molecule has 1 aliphatic rings. The van der Waals surface area contributed by atoms with Crippen molar-refractivity contribution in [2.45, 2.75) is 25.1 Å². The monoisotopic (exact) mass is 404 g/mol. The molecule has 2 nitrogen and oxygen atoms in total. The van der Waals surface area contributed by atoms with Gasteiger partial charge in [-0.25, -0.2) is 0 Å². The Balaban J connectivity index is 0.00000264. The Bertz CT molecular complexity index is 518. The molecule has 1 aliphatic heterocycles. The van der Waals surface area contributed by atoms with Gasteiger partial charge >= 0.3 is 6.18 Å². The lowest BCUT2D eigenvalue weighted by Crippen LogP contribution is -2.45. The van der Waals surface area contributed by atoms with Crippen LogP contribution in [0.4, 0.5) is 13.2 Å². The lowest BCUT2D eigenvalue weighted by molar-refractivity contribution is -0.137. The van der Waals surface area contributed by atoms with E-state index in [1.165, 1.54) is 12.1 Å². The van der Waals surface area contributed by atoms with Crippen molar-refractivity contribution in [3.8, 4) is 0 Å². The molecule has 2 rings (SSSR count). The molecule has 0 amide bonds. The van der Waals surface area contributed by atoms with Gasteiger partial charge in [-0.3, -0.25) is 4.90 Å². The maximum atomic E-state index is 13.1. The van der Waals surface area contributed by atoms with Crippen LogP contribution in [0.15, 0.2) is 30.9 Å². The first-order valence-corrected chi connectivity index (χ1v) is 7.73. The minimum absolute atomic E-state index is 0. The molecular formula is C16H22Cl3F3N2. The van der Waals surface area contributed by atoms with E-state index >= 15 is 0 Å². The normalized spacial score (nSPS) is 16.7. The van der Waals surface area contributed by atoms with Gasteiger partial charge in [0.05, 0.1) is 10.6 Å². The van der Waals surface area contributed by atoms with Crippen LogP contribution in [0.2, 0.25) is 5.02 Å². The summed E-state index contributed by atoms with van der Waals surface area (Å²) in [5.74, 6) is 0. The third-order valence-electron chi connectivity index (χ3n) is 3.92. The number of alkyl halides is 3. The average molecular weight is 406 g/mol. The van der Waals surface area contributed by atoms with E-state index in [4.69, 9.17) is 11.6 Å². The second-order valence-corrected chi connectivity index (χ2v) is 5.81. The standard InChI is InChI=1S/C16H20ClF3N2.2ClH/c1-2-3-4-15(22-9-7-21-8-10-22)12-5-6-14(17)13(11-12)16(18,19)20;;/h2,5-6,11,15,21H,1,3-4,7-10H2;2*1H/t15-;;/m1../s1. The summed E-state index contributed by atoms with van der Waals surface area (Å²) in [4.78, 5) is 2.23. The zero-order chi connectivity index (χ0) is 16.2. The Morgan fingerprint density at radius 1 is 1.25 bits per heavy atom. The lowest BCUT2D eigenvalue weighted by atomic mass is 9.97. The Labute approximate surface area is 158 Å². The van der Waals surface area contributed by atoms with E-state index in [2.05, 4.69) is 16.8 Å². The molecule has 0 aromatic heterocycles. The molecule has 0 unspecified atom stereocenters. The number of hydrogen-bond acceptors (Lipinski definition) is 2. The van der Waals surface area contributed by atoms with Crippen molar-refractivity contribution < 1.29 is 13.2 Å². The van der Waals surface area contributed by atoms with E-state index in [1.807, 2.05) is 0 Å². The highest BCUT2D eigenvalue weighted by Gasteiger charge is 2.34. The number of piperazine rings is 1. The molecule has 0 bridgehead atoms. The predicted octanol–water partition coefficient (Wildman–Crippen LogP) is 5.11. The maximum absolute atomic E-state index is 13.1. The van der Waals surface area contributed by atoms with Gasteiger partial charge in [0.15, 0.2) is 0 Å². The first-order chi connectivity index (χ1) is 10.4. The molecule has 0 radical (unpaired) electrons. The molecule has 24 heavy (non-hydrogen) atoms.